The predicted octanol–water partition coefficient (Wildman–Crippen LogP) is 3.68. The number of ether oxygens (including phenoxy) is 2. The molecule has 0 aliphatic heterocycles. The fourth-order valence-electron chi connectivity index (χ4n) is 2.28. The lowest BCUT2D eigenvalue weighted by Crippen LogP contribution is -2.23. The van der Waals surface area contributed by atoms with Crippen LogP contribution in [-0.2, 0) is 6.54 Å². The summed E-state index contributed by atoms with van der Waals surface area (Å²) in [5.74, 6) is -0.252. The molecule has 0 unspecified atom stereocenters. The van der Waals surface area contributed by atoms with Crippen LogP contribution in [0.25, 0.3) is 10.6 Å². The molecule has 0 atom stereocenters. The molecule has 2 N–H and O–H groups in total. The highest BCUT2D eigenvalue weighted by molar-refractivity contribution is 7.13. The van der Waals surface area contributed by atoms with Crippen molar-refractivity contribution >= 4 is 17.2 Å². The monoisotopic (exact) mass is 379 g/mol. The Kier molecular flexibility index (Phi) is 5.47. The first-order valence-electron chi connectivity index (χ1n) is 7.56. The first kappa shape index (κ1) is 17.9. The van der Waals surface area contributed by atoms with Gasteiger partial charge in [-0.25, -0.2) is 0 Å². The molecule has 0 bridgehead atoms. The SMILES string of the molecule is COc1cc(CNC(=O)c2cc(-c3cccs3)[nH]n2)ccc1OC(F)F. The number of carbonyl (C=O) groups is 1. The standard InChI is InChI=1S/C17H15F2N3O3S/c1-24-14-7-10(4-5-13(14)25-17(18)19)9-20-16(23)12-8-11(21-22-12)15-3-2-6-26-15/h2-8,17H,9H2,1H3,(H,20,23)(H,21,22). The van der Waals surface area contributed by atoms with Gasteiger partial charge in [-0.3, -0.25) is 9.89 Å². The maximum atomic E-state index is 12.3. The van der Waals surface area contributed by atoms with E-state index in [1.165, 1.54) is 30.6 Å². The van der Waals surface area contributed by atoms with E-state index in [0.717, 1.165) is 10.6 Å². The highest BCUT2D eigenvalue weighted by Gasteiger charge is 2.14. The zero-order chi connectivity index (χ0) is 18.5. The van der Waals surface area contributed by atoms with E-state index in [0.29, 0.717) is 5.56 Å². The molecule has 3 aromatic rings. The van der Waals surface area contributed by atoms with Gasteiger partial charge in [0, 0.05) is 6.54 Å². The minimum atomic E-state index is -2.94. The molecule has 136 valence electrons. The van der Waals surface area contributed by atoms with E-state index in [-0.39, 0.29) is 29.6 Å². The van der Waals surface area contributed by atoms with Crippen molar-refractivity contribution in [1.82, 2.24) is 15.5 Å². The molecule has 0 aliphatic carbocycles. The minimum Gasteiger partial charge on any atom is -0.493 e. The number of methoxy groups -OCH3 is 1. The zero-order valence-electron chi connectivity index (χ0n) is 13.7. The topological polar surface area (TPSA) is 76.2 Å². The van der Waals surface area contributed by atoms with Crippen molar-refractivity contribution in [2.24, 2.45) is 0 Å². The molecule has 2 aromatic heterocycles. The van der Waals surface area contributed by atoms with Crippen LogP contribution in [0.15, 0.2) is 41.8 Å². The molecule has 0 fully saturated rings. The second-order valence-electron chi connectivity index (χ2n) is 5.19. The average molecular weight is 379 g/mol. The smallest absolute Gasteiger partial charge is 0.387 e. The molecule has 0 spiro atoms. The summed E-state index contributed by atoms with van der Waals surface area (Å²) in [7, 11) is 1.35. The Morgan fingerprint density at radius 3 is 2.85 bits per heavy atom. The van der Waals surface area contributed by atoms with Crippen LogP contribution in [0.3, 0.4) is 0 Å². The van der Waals surface area contributed by atoms with Crippen molar-refractivity contribution in [3.8, 4) is 22.1 Å². The lowest BCUT2D eigenvalue weighted by atomic mass is 10.2. The van der Waals surface area contributed by atoms with E-state index in [1.54, 1.807) is 12.1 Å². The summed E-state index contributed by atoms with van der Waals surface area (Å²) >= 11 is 1.54. The summed E-state index contributed by atoms with van der Waals surface area (Å²) in [5, 5.41) is 11.5. The van der Waals surface area contributed by atoms with Crippen molar-refractivity contribution in [1.29, 1.82) is 0 Å². The van der Waals surface area contributed by atoms with Crippen LogP contribution in [0, 0.1) is 0 Å². The van der Waals surface area contributed by atoms with Gasteiger partial charge in [0.05, 0.1) is 17.7 Å². The maximum absolute atomic E-state index is 12.3. The third-order valence-electron chi connectivity index (χ3n) is 3.49. The number of nitrogens with zero attached hydrogens (tertiary/aromatic N) is 1. The lowest BCUT2D eigenvalue weighted by molar-refractivity contribution is -0.0512. The summed E-state index contributed by atoms with van der Waals surface area (Å²) < 4.78 is 34.1. The van der Waals surface area contributed by atoms with E-state index in [1.807, 2.05) is 17.5 Å². The van der Waals surface area contributed by atoms with Crippen LogP contribution in [0.1, 0.15) is 16.1 Å². The van der Waals surface area contributed by atoms with Gasteiger partial charge in [0.25, 0.3) is 5.91 Å². The fraction of sp³-hybridized carbons (Fsp3) is 0.176. The van der Waals surface area contributed by atoms with Gasteiger partial charge in [0.15, 0.2) is 17.2 Å². The quantitative estimate of drug-likeness (QED) is 0.657. The van der Waals surface area contributed by atoms with Gasteiger partial charge < -0.3 is 14.8 Å². The molecular weight excluding hydrogens is 364 g/mol. The van der Waals surface area contributed by atoms with Crippen LogP contribution in [0.4, 0.5) is 8.78 Å². The highest BCUT2D eigenvalue weighted by Crippen LogP contribution is 2.29. The number of nitrogens with one attached hydrogen (secondary N) is 2. The fourth-order valence-corrected chi connectivity index (χ4v) is 2.98. The van der Waals surface area contributed by atoms with Crippen molar-refractivity contribution in [2.75, 3.05) is 7.11 Å². The number of H-pyrrole nitrogens is 1. The number of halogens is 2. The Balaban J connectivity index is 1.64. The third kappa shape index (κ3) is 4.17. The Hall–Kier alpha value is -2.94. The number of rotatable bonds is 7. The van der Waals surface area contributed by atoms with Crippen LogP contribution in [0.5, 0.6) is 11.5 Å². The molecule has 1 amide bonds. The van der Waals surface area contributed by atoms with Gasteiger partial charge in [-0.2, -0.15) is 13.9 Å². The molecule has 6 nitrogen and oxygen atoms in total. The normalized spacial score (nSPS) is 10.8. The highest BCUT2D eigenvalue weighted by atomic mass is 32.1. The summed E-state index contributed by atoms with van der Waals surface area (Å²) in [6.07, 6.45) is 0. The second kappa shape index (κ2) is 7.96. The first-order valence-corrected chi connectivity index (χ1v) is 8.44. The van der Waals surface area contributed by atoms with Gasteiger partial charge in [-0.05, 0) is 35.2 Å². The van der Waals surface area contributed by atoms with Crippen molar-refractivity contribution < 1.29 is 23.0 Å². The van der Waals surface area contributed by atoms with Gasteiger partial charge >= 0.3 is 6.61 Å². The molecule has 9 heteroatoms. The van der Waals surface area contributed by atoms with Gasteiger partial charge in [-0.15, -0.1) is 11.3 Å². The zero-order valence-corrected chi connectivity index (χ0v) is 14.5. The predicted molar refractivity (Wildman–Crippen MR) is 92.7 cm³/mol. The number of thiophene rings is 1. The summed E-state index contributed by atoms with van der Waals surface area (Å²) in [5.41, 5.74) is 1.70. The van der Waals surface area contributed by atoms with Crippen molar-refractivity contribution in [3.05, 3.63) is 53.0 Å². The Bertz CT molecular complexity index is 881. The number of aromatic amines is 1. The van der Waals surface area contributed by atoms with E-state index in [9.17, 15) is 13.6 Å². The largest absolute Gasteiger partial charge is 0.493 e. The van der Waals surface area contributed by atoms with E-state index in [2.05, 4.69) is 20.3 Å². The number of amides is 1. The Morgan fingerprint density at radius 2 is 2.15 bits per heavy atom. The van der Waals surface area contributed by atoms with E-state index in [4.69, 9.17) is 4.74 Å². The van der Waals surface area contributed by atoms with Gasteiger partial charge in [0.1, 0.15) is 0 Å². The van der Waals surface area contributed by atoms with Gasteiger partial charge in [-0.1, -0.05) is 12.1 Å². The summed E-state index contributed by atoms with van der Waals surface area (Å²) in [4.78, 5) is 13.2. The molecule has 0 saturated heterocycles. The molecule has 2 heterocycles. The van der Waals surface area contributed by atoms with Crippen LogP contribution >= 0.6 is 11.3 Å². The van der Waals surface area contributed by atoms with Crippen molar-refractivity contribution in [3.63, 3.8) is 0 Å². The summed E-state index contributed by atoms with van der Waals surface area (Å²) in [6.45, 7) is -2.75. The minimum absolute atomic E-state index is 0.0644. The van der Waals surface area contributed by atoms with E-state index < -0.39 is 6.61 Å². The number of hydrogen-bond donors (Lipinski definition) is 2. The second-order valence-corrected chi connectivity index (χ2v) is 6.14. The van der Waals surface area contributed by atoms with Crippen LogP contribution in [-0.4, -0.2) is 29.8 Å². The van der Waals surface area contributed by atoms with E-state index >= 15 is 0 Å². The van der Waals surface area contributed by atoms with Crippen LogP contribution in [0.2, 0.25) is 0 Å². The maximum Gasteiger partial charge on any atom is 0.387 e. The number of carbonyl (C=O) groups excluding carboxylic acids is 1. The van der Waals surface area contributed by atoms with Gasteiger partial charge in [0.2, 0.25) is 0 Å². The third-order valence-corrected chi connectivity index (χ3v) is 4.40. The van der Waals surface area contributed by atoms with Crippen molar-refractivity contribution in [2.45, 2.75) is 13.2 Å². The molecule has 0 saturated carbocycles. The number of aromatic nitrogens is 2. The molecule has 26 heavy (non-hydrogen) atoms. The van der Waals surface area contributed by atoms with Crippen LogP contribution < -0.4 is 14.8 Å². The lowest BCUT2D eigenvalue weighted by Gasteiger charge is -2.11. The molecule has 1 aromatic carbocycles. The Morgan fingerprint density at radius 1 is 1.31 bits per heavy atom. The molecule has 3 rings (SSSR count). The number of benzene rings is 1. The average Bonchev–Trinajstić information content (AvgIpc) is 3.31. The summed E-state index contributed by atoms with van der Waals surface area (Å²) in [6, 6.07) is 9.98. The number of alkyl halides is 2. The Labute approximate surface area is 151 Å². The molecule has 0 radical (unpaired) electrons. The number of hydrogen-bond acceptors (Lipinski definition) is 5. The molecular formula is C17H15F2N3O3S. The molecule has 0 aliphatic rings. The first-order chi connectivity index (χ1) is 12.6.